The highest BCUT2D eigenvalue weighted by Gasteiger charge is 2.29. The molecule has 0 radical (unpaired) electrons. The summed E-state index contributed by atoms with van der Waals surface area (Å²) in [7, 11) is 0. The molecule has 0 bridgehead atoms. The van der Waals surface area contributed by atoms with Gasteiger partial charge in [0.15, 0.2) is 0 Å². The van der Waals surface area contributed by atoms with Crippen LogP contribution in [0.1, 0.15) is 33.6 Å². The first-order chi connectivity index (χ1) is 8.20. The summed E-state index contributed by atoms with van der Waals surface area (Å²) in [5.74, 6) is -0.902. The van der Waals surface area contributed by atoms with Crippen molar-refractivity contribution in [3.05, 3.63) is 0 Å². The standard InChI is InChI=1S/C12H21N3O3/c1-12(2,3)9(13)5-10(17)15-11(18)8-4-7(16)6-14-8/h7-8,13-14,16H,4-6H2,1-3H3,(H,15,17,18). The van der Waals surface area contributed by atoms with Gasteiger partial charge in [0.25, 0.3) is 0 Å². The molecule has 0 saturated carbocycles. The monoisotopic (exact) mass is 255 g/mol. The van der Waals surface area contributed by atoms with Crippen molar-refractivity contribution < 1.29 is 14.7 Å². The predicted molar refractivity (Wildman–Crippen MR) is 67.4 cm³/mol. The van der Waals surface area contributed by atoms with Gasteiger partial charge in [-0.3, -0.25) is 14.9 Å². The summed E-state index contributed by atoms with van der Waals surface area (Å²) >= 11 is 0. The smallest absolute Gasteiger partial charge is 0.243 e. The molecule has 2 amide bonds. The van der Waals surface area contributed by atoms with E-state index < -0.39 is 24.0 Å². The number of aliphatic hydroxyl groups excluding tert-OH is 1. The lowest BCUT2D eigenvalue weighted by atomic mass is 9.88. The number of aliphatic hydroxyl groups is 1. The molecule has 1 aliphatic rings. The summed E-state index contributed by atoms with van der Waals surface area (Å²) in [6.45, 7) is 5.90. The number of carbonyl (C=O) groups is 2. The third-order valence-corrected chi connectivity index (χ3v) is 2.93. The normalized spacial score (nSPS) is 23.8. The van der Waals surface area contributed by atoms with Gasteiger partial charge in [-0.2, -0.15) is 0 Å². The van der Waals surface area contributed by atoms with Gasteiger partial charge in [-0.25, -0.2) is 0 Å². The van der Waals surface area contributed by atoms with Gasteiger partial charge in [0, 0.05) is 17.7 Å². The van der Waals surface area contributed by atoms with Gasteiger partial charge in [-0.1, -0.05) is 20.8 Å². The summed E-state index contributed by atoms with van der Waals surface area (Å²) in [4.78, 5) is 23.2. The van der Waals surface area contributed by atoms with E-state index in [9.17, 15) is 14.7 Å². The van der Waals surface area contributed by atoms with Crippen molar-refractivity contribution in [2.75, 3.05) is 6.54 Å². The summed E-state index contributed by atoms with van der Waals surface area (Å²) in [5.41, 5.74) is -0.0884. The number of rotatable bonds is 3. The average Bonchev–Trinajstić information content (AvgIpc) is 2.63. The molecule has 2 atom stereocenters. The van der Waals surface area contributed by atoms with Crippen LogP contribution in [0.3, 0.4) is 0 Å². The average molecular weight is 255 g/mol. The van der Waals surface area contributed by atoms with Gasteiger partial charge in [0.2, 0.25) is 11.8 Å². The molecular formula is C12H21N3O3. The predicted octanol–water partition coefficient (Wildman–Crippen LogP) is -0.192. The van der Waals surface area contributed by atoms with Crippen molar-refractivity contribution in [2.45, 2.75) is 45.8 Å². The molecule has 1 fully saturated rings. The Morgan fingerprint density at radius 1 is 1.44 bits per heavy atom. The number of β-amino-alcohol motifs (C(OH)–C–C–N with tert-alkyl or cyclic N) is 1. The Morgan fingerprint density at radius 2 is 2.06 bits per heavy atom. The lowest BCUT2D eigenvalue weighted by Gasteiger charge is -2.19. The summed E-state index contributed by atoms with van der Waals surface area (Å²) in [6, 6.07) is -0.521. The number of carbonyl (C=O) groups excluding carboxylic acids is 2. The maximum atomic E-state index is 11.7. The summed E-state index contributed by atoms with van der Waals surface area (Å²) in [5, 5.41) is 22.1. The van der Waals surface area contributed by atoms with Crippen molar-refractivity contribution in [1.82, 2.24) is 10.6 Å². The Balaban J connectivity index is 2.41. The molecule has 1 heterocycles. The van der Waals surface area contributed by atoms with Gasteiger partial charge < -0.3 is 15.8 Å². The first-order valence-corrected chi connectivity index (χ1v) is 6.03. The maximum absolute atomic E-state index is 11.7. The molecule has 4 N–H and O–H groups in total. The topological polar surface area (TPSA) is 102 Å². The van der Waals surface area contributed by atoms with Crippen LogP contribution in [-0.4, -0.2) is 41.3 Å². The Hall–Kier alpha value is -1.27. The second kappa shape index (κ2) is 5.58. The minimum atomic E-state index is -0.538. The zero-order valence-corrected chi connectivity index (χ0v) is 11.0. The van der Waals surface area contributed by atoms with Crippen LogP contribution >= 0.6 is 0 Å². The Labute approximate surface area is 107 Å². The van der Waals surface area contributed by atoms with Crippen LogP contribution < -0.4 is 10.6 Å². The van der Waals surface area contributed by atoms with E-state index in [0.717, 1.165) is 0 Å². The molecule has 0 aromatic heterocycles. The van der Waals surface area contributed by atoms with E-state index in [1.54, 1.807) is 0 Å². The van der Waals surface area contributed by atoms with E-state index in [2.05, 4.69) is 10.6 Å². The quantitative estimate of drug-likeness (QED) is 0.525. The molecule has 18 heavy (non-hydrogen) atoms. The SMILES string of the molecule is CC(C)(C)C(=N)CC(=O)NC(=O)C1CC(O)CN1. The van der Waals surface area contributed by atoms with Crippen molar-refractivity contribution in [2.24, 2.45) is 5.41 Å². The van der Waals surface area contributed by atoms with Crippen molar-refractivity contribution in [1.29, 1.82) is 5.41 Å². The van der Waals surface area contributed by atoms with E-state index in [4.69, 9.17) is 5.41 Å². The Kier molecular flexibility index (Phi) is 4.59. The van der Waals surface area contributed by atoms with E-state index in [1.165, 1.54) is 0 Å². The fraction of sp³-hybridized carbons (Fsp3) is 0.750. The first kappa shape index (κ1) is 14.8. The number of hydrogen-bond acceptors (Lipinski definition) is 5. The fourth-order valence-corrected chi connectivity index (χ4v) is 1.61. The van der Waals surface area contributed by atoms with Gasteiger partial charge >= 0.3 is 0 Å². The van der Waals surface area contributed by atoms with Gasteiger partial charge in [-0.15, -0.1) is 0 Å². The minimum Gasteiger partial charge on any atom is -0.392 e. The van der Waals surface area contributed by atoms with Crippen molar-refractivity contribution >= 4 is 17.5 Å². The van der Waals surface area contributed by atoms with E-state index in [1.807, 2.05) is 20.8 Å². The third-order valence-electron chi connectivity index (χ3n) is 2.93. The summed E-state index contributed by atoms with van der Waals surface area (Å²) in [6.07, 6.45) is -0.302. The van der Waals surface area contributed by atoms with Gasteiger partial charge in [0.1, 0.15) is 0 Å². The van der Waals surface area contributed by atoms with Crippen LogP contribution in [0.2, 0.25) is 0 Å². The Morgan fingerprint density at radius 3 is 2.50 bits per heavy atom. The first-order valence-electron chi connectivity index (χ1n) is 6.03. The molecule has 6 nitrogen and oxygen atoms in total. The third kappa shape index (κ3) is 4.19. The molecule has 0 aliphatic carbocycles. The van der Waals surface area contributed by atoms with Crippen molar-refractivity contribution in [3.8, 4) is 0 Å². The second-order valence-electron chi connectivity index (χ2n) is 5.67. The van der Waals surface area contributed by atoms with E-state index in [-0.39, 0.29) is 17.5 Å². The number of hydrogen-bond donors (Lipinski definition) is 4. The molecule has 6 heteroatoms. The lowest BCUT2D eigenvalue weighted by molar-refractivity contribution is -0.130. The zero-order valence-electron chi connectivity index (χ0n) is 11.0. The summed E-state index contributed by atoms with van der Waals surface area (Å²) < 4.78 is 0. The van der Waals surface area contributed by atoms with Gasteiger partial charge in [0.05, 0.1) is 18.6 Å². The van der Waals surface area contributed by atoms with Crippen LogP contribution in [0, 0.1) is 10.8 Å². The molecule has 0 aromatic carbocycles. The van der Waals surface area contributed by atoms with E-state index >= 15 is 0 Å². The highest BCUT2D eigenvalue weighted by Crippen LogP contribution is 2.16. The van der Waals surface area contributed by atoms with Crippen molar-refractivity contribution in [3.63, 3.8) is 0 Å². The van der Waals surface area contributed by atoms with E-state index in [0.29, 0.717) is 13.0 Å². The maximum Gasteiger partial charge on any atom is 0.243 e. The molecule has 102 valence electrons. The number of imide groups is 1. The molecule has 0 spiro atoms. The fourth-order valence-electron chi connectivity index (χ4n) is 1.61. The molecular weight excluding hydrogens is 234 g/mol. The molecule has 1 rings (SSSR count). The molecule has 1 aliphatic heterocycles. The molecule has 2 unspecified atom stereocenters. The van der Waals surface area contributed by atoms with Crippen LogP contribution in [-0.2, 0) is 9.59 Å². The number of amides is 2. The van der Waals surface area contributed by atoms with Gasteiger partial charge in [-0.05, 0) is 6.42 Å². The zero-order chi connectivity index (χ0) is 13.9. The molecule has 0 aromatic rings. The Bertz CT molecular complexity index is 360. The molecule has 1 saturated heterocycles. The highest BCUT2D eigenvalue weighted by atomic mass is 16.3. The largest absolute Gasteiger partial charge is 0.392 e. The van der Waals surface area contributed by atoms with Crippen LogP contribution in [0.4, 0.5) is 0 Å². The number of nitrogens with one attached hydrogen (secondary N) is 3. The van der Waals surface area contributed by atoms with Crippen LogP contribution in [0.15, 0.2) is 0 Å². The second-order valence-corrected chi connectivity index (χ2v) is 5.67. The highest BCUT2D eigenvalue weighted by molar-refractivity contribution is 6.07. The minimum absolute atomic E-state index is 0.0789. The lowest BCUT2D eigenvalue weighted by Crippen LogP contribution is -2.44. The van der Waals surface area contributed by atoms with Crippen LogP contribution in [0.25, 0.3) is 0 Å². The van der Waals surface area contributed by atoms with Crippen LogP contribution in [0.5, 0.6) is 0 Å².